The van der Waals surface area contributed by atoms with E-state index < -0.39 is 0 Å². The molecule has 2 N–H and O–H groups in total. The summed E-state index contributed by atoms with van der Waals surface area (Å²) in [5.74, 6) is 1.57. The highest BCUT2D eigenvalue weighted by molar-refractivity contribution is 14.0. The molecular formula is C22H39IN4O2. The summed E-state index contributed by atoms with van der Waals surface area (Å²) in [4.78, 5) is 6.95. The van der Waals surface area contributed by atoms with Gasteiger partial charge in [0.25, 0.3) is 0 Å². The van der Waals surface area contributed by atoms with Crippen molar-refractivity contribution in [2.75, 3.05) is 64.6 Å². The number of ether oxygens (including phenoxy) is 2. The Kier molecular flexibility index (Phi) is 15.0. The molecule has 0 aliphatic carbocycles. The van der Waals surface area contributed by atoms with Gasteiger partial charge in [-0.2, -0.15) is 0 Å². The molecular weight excluding hydrogens is 479 g/mol. The van der Waals surface area contributed by atoms with Crippen molar-refractivity contribution < 1.29 is 9.47 Å². The predicted octanol–water partition coefficient (Wildman–Crippen LogP) is 3.52. The quantitative estimate of drug-likeness (QED) is 0.192. The van der Waals surface area contributed by atoms with Crippen LogP contribution in [0.5, 0.6) is 0 Å². The van der Waals surface area contributed by atoms with Crippen molar-refractivity contribution in [1.29, 1.82) is 0 Å². The van der Waals surface area contributed by atoms with Crippen LogP contribution in [0.2, 0.25) is 0 Å². The van der Waals surface area contributed by atoms with Crippen LogP contribution in [-0.4, -0.2) is 65.6 Å². The lowest BCUT2D eigenvalue weighted by Crippen LogP contribution is -2.38. The lowest BCUT2D eigenvalue weighted by Gasteiger charge is -2.21. The average molecular weight is 518 g/mol. The summed E-state index contributed by atoms with van der Waals surface area (Å²) in [5, 5.41) is 6.72. The van der Waals surface area contributed by atoms with Crippen LogP contribution < -0.4 is 15.5 Å². The zero-order valence-corrected chi connectivity index (χ0v) is 20.4. The minimum Gasteiger partial charge on any atom is -0.381 e. The summed E-state index contributed by atoms with van der Waals surface area (Å²) >= 11 is 0. The predicted molar refractivity (Wildman–Crippen MR) is 133 cm³/mol. The van der Waals surface area contributed by atoms with E-state index >= 15 is 0 Å². The van der Waals surface area contributed by atoms with Crippen molar-refractivity contribution in [2.45, 2.75) is 32.6 Å². The Bertz CT molecular complexity index is 539. The maximum atomic E-state index is 5.82. The number of hydrogen-bond donors (Lipinski definition) is 2. The average Bonchev–Trinajstić information content (AvgIpc) is 2.74. The van der Waals surface area contributed by atoms with Crippen LogP contribution in [0, 0.1) is 5.92 Å². The standard InChI is InChI=1S/C22H38N4O2.HI/c1-3-23-22(24-13-7-15-26(2)21-9-5-4-6-10-21)25-14-8-16-28-19-20-11-17-27-18-12-20;/h4-6,9-10,20H,3,7-8,11-19H2,1-2H3,(H2,23,24,25);1H. The summed E-state index contributed by atoms with van der Waals surface area (Å²) in [6.07, 6.45) is 4.28. The number of guanidine groups is 1. The third-order valence-electron chi connectivity index (χ3n) is 4.92. The van der Waals surface area contributed by atoms with Crippen LogP contribution >= 0.6 is 24.0 Å². The molecule has 1 aromatic carbocycles. The highest BCUT2D eigenvalue weighted by Gasteiger charge is 2.13. The van der Waals surface area contributed by atoms with Gasteiger partial charge in [0, 0.05) is 65.3 Å². The largest absolute Gasteiger partial charge is 0.381 e. The Hall–Kier alpha value is -1.06. The van der Waals surface area contributed by atoms with Gasteiger partial charge in [0.15, 0.2) is 5.96 Å². The molecule has 7 heteroatoms. The van der Waals surface area contributed by atoms with E-state index in [-0.39, 0.29) is 24.0 Å². The third-order valence-corrected chi connectivity index (χ3v) is 4.92. The Morgan fingerprint density at radius 2 is 1.93 bits per heavy atom. The van der Waals surface area contributed by atoms with Crippen molar-refractivity contribution in [3.8, 4) is 0 Å². The summed E-state index contributed by atoms with van der Waals surface area (Å²) in [6, 6.07) is 10.5. The van der Waals surface area contributed by atoms with E-state index in [9.17, 15) is 0 Å². The van der Waals surface area contributed by atoms with Gasteiger partial charge in [0.1, 0.15) is 0 Å². The minimum absolute atomic E-state index is 0. The zero-order chi connectivity index (χ0) is 19.9. The van der Waals surface area contributed by atoms with Crippen molar-refractivity contribution in [1.82, 2.24) is 10.6 Å². The number of benzene rings is 1. The molecule has 1 aromatic rings. The maximum Gasteiger partial charge on any atom is 0.191 e. The summed E-state index contributed by atoms with van der Waals surface area (Å²) in [5.41, 5.74) is 1.25. The lowest BCUT2D eigenvalue weighted by molar-refractivity contribution is 0.0203. The molecule has 1 fully saturated rings. The van der Waals surface area contributed by atoms with E-state index in [1.54, 1.807) is 0 Å². The SMILES string of the molecule is CCNC(=NCCCN(C)c1ccccc1)NCCCOCC1CCOCC1.I. The van der Waals surface area contributed by atoms with Gasteiger partial charge in [-0.15, -0.1) is 24.0 Å². The van der Waals surface area contributed by atoms with Gasteiger partial charge in [-0.1, -0.05) is 18.2 Å². The van der Waals surface area contributed by atoms with E-state index in [0.717, 1.165) is 84.2 Å². The molecule has 0 saturated carbocycles. The van der Waals surface area contributed by atoms with Crippen LogP contribution in [0.1, 0.15) is 32.6 Å². The Morgan fingerprint density at radius 3 is 2.66 bits per heavy atom. The van der Waals surface area contributed by atoms with Crippen molar-refractivity contribution in [3.05, 3.63) is 30.3 Å². The number of rotatable bonds is 12. The van der Waals surface area contributed by atoms with Gasteiger partial charge in [0.05, 0.1) is 0 Å². The van der Waals surface area contributed by atoms with E-state index in [4.69, 9.17) is 9.47 Å². The zero-order valence-electron chi connectivity index (χ0n) is 18.1. The molecule has 0 atom stereocenters. The van der Waals surface area contributed by atoms with Crippen molar-refractivity contribution >= 4 is 35.6 Å². The van der Waals surface area contributed by atoms with E-state index in [2.05, 4.69) is 58.8 Å². The van der Waals surface area contributed by atoms with Gasteiger partial charge >= 0.3 is 0 Å². The maximum absolute atomic E-state index is 5.82. The highest BCUT2D eigenvalue weighted by Crippen LogP contribution is 2.14. The van der Waals surface area contributed by atoms with E-state index in [1.165, 1.54) is 5.69 Å². The summed E-state index contributed by atoms with van der Waals surface area (Å²) < 4.78 is 11.2. The van der Waals surface area contributed by atoms with Gasteiger partial charge in [-0.25, -0.2) is 0 Å². The van der Waals surface area contributed by atoms with Crippen molar-refractivity contribution in [3.63, 3.8) is 0 Å². The Balaban J connectivity index is 0.00000420. The molecule has 1 saturated heterocycles. The molecule has 1 aliphatic rings. The van der Waals surface area contributed by atoms with Crippen LogP contribution in [0.3, 0.4) is 0 Å². The monoisotopic (exact) mass is 518 g/mol. The number of nitrogens with one attached hydrogen (secondary N) is 2. The van der Waals surface area contributed by atoms with Crippen LogP contribution in [0.25, 0.3) is 0 Å². The fourth-order valence-corrected chi connectivity index (χ4v) is 3.20. The first-order chi connectivity index (χ1) is 13.8. The van der Waals surface area contributed by atoms with Crippen LogP contribution in [0.4, 0.5) is 5.69 Å². The third kappa shape index (κ3) is 11.6. The number of hydrogen-bond acceptors (Lipinski definition) is 4. The minimum atomic E-state index is 0. The van der Waals surface area contributed by atoms with Crippen LogP contribution in [0.15, 0.2) is 35.3 Å². The second-order valence-corrected chi connectivity index (χ2v) is 7.28. The highest BCUT2D eigenvalue weighted by atomic mass is 127. The smallest absolute Gasteiger partial charge is 0.191 e. The molecule has 0 amide bonds. The number of halogens is 1. The Morgan fingerprint density at radius 1 is 1.17 bits per heavy atom. The summed E-state index contributed by atoms with van der Waals surface area (Å²) in [7, 11) is 2.13. The van der Waals surface area contributed by atoms with E-state index in [1.807, 2.05) is 6.07 Å². The molecule has 0 unspecified atom stereocenters. The van der Waals surface area contributed by atoms with Crippen molar-refractivity contribution in [2.24, 2.45) is 10.9 Å². The first-order valence-corrected chi connectivity index (χ1v) is 10.7. The number of nitrogens with zero attached hydrogens (tertiary/aromatic N) is 2. The van der Waals surface area contributed by atoms with Gasteiger partial charge < -0.3 is 25.0 Å². The number of para-hydroxylation sites is 1. The normalized spacial score (nSPS) is 14.9. The molecule has 0 aromatic heterocycles. The van der Waals surface area contributed by atoms with Gasteiger partial charge in [-0.05, 0) is 50.7 Å². The van der Waals surface area contributed by atoms with Gasteiger partial charge in [-0.3, -0.25) is 4.99 Å². The molecule has 0 radical (unpaired) electrons. The van der Waals surface area contributed by atoms with Gasteiger partial charge in [0.2, 0.25) is 0 Å². The molecule has 0 bridgehead atoms. The number of aliphatic imine (C=N–C) groups is 1. The first-order valence-electron chi connectivity index (χ1n) is 10.7. The second-order valence-electron chi connectivity index (χ2n) is 7.28. The number of anilines is 1. The fourth-order valence-electron chi connectivity index (χ4n) is 3.20. The fraction of sp³-hybridized carbons (Fsp3) is 0.682. The molecule has 0 spiro atoms. The Labute approximate surface area is 193 Å². The molecule has 166 valence electrons. The molecule has 29 heavy (non-hydrogen) atoms. The molecule has 1 aliphatic heterocycles. The molecule has 2 rings (SSSR count). The lowest BCUT2D eigenvalue weighted by atomic mass is 10.0. The second kappa shape index (κ2) is 16.7. The van der Waals surface area contributed by atoms with Crippen LogP contribution in [-0.2, 0) is 9.47 Å². The molecule has 6 nitrogen and oxygen atoms in total. The topological polar surface area (TPSA) is 58.1 Å². The summed E-state index contributed by atoms with van der Waals surface area (Å²) in [6.45, 7) is 9.09. The van der Waals surface area contributed by atoms with E-state index in [0.29, 0.717) is 5.92 Å². The molecule has 1 heterocycles. The first kappa shape index (κ1) is 26.0.